The predicted molar refractivity (Wildman–Crippen MR) is 55.7 cm³/mol. The van der Waals surface area contributed by atoms with Crippen LogP contribution in [-0.2, 0) is 11.4 Å². The molecule has 2 heterocycles. The lowest BCUT2D eigenvalue weighted by atomic mass is 10.2. The standard InChI is InChI=1S/C9H11N3OS/c1-13-11-6-7-5-10-12-9(7)8-3-2-4-14-8/h2-5,11H,6H2,1H3,(H,10,12). The van der Waals surface area contributed by atoms with Crippen molar-refractivity contribution in [2.45, 2.75) is 6.54 Å². The molecule has 0 fully saturated rings. The zero-order valence-corrected chi connectivity index (χ0v) is 8.60. The lowest BCUT2D eigenvalue weighted by Gasteiger charge is -2.00. The van der Waals surface area contributed by atoms with Gasteiger partial charge < -0.3 is 4.84 Å². The summed E-state index contributed by atoms with van der Waals surface area (Å²) in [5.74, 6) is 0. The summed E-state index contributed by atoms with van der Waals surface area (Å²) in [6.07, 6.45) is 1.81. The molecule has 0 bridgehead atoms. The fourth-order valence-electron chi connectivity index (χ4n) is 1.23. The van der Waals surface area contributed by atoms with Crippen LogP contribution in [0, 0.1) is 0 Å². The van der Waals surface area contributed by atoms with Crippen molar-refractivity contribution in [1.82, 2.24) is 15.7 Å². The number of hydrogen-bond donors (Lipinski definition) is 2. The summed E-state index contributed by atoms with van der Waals surface area (Å²) in [6.45, 7) is 0.653. The fourth-order valence-corrected chi connectivity index (χ4v) is 1.98. The molecule has 2 rings (SSSR count). The number of nitrogens with one attached hydrogen (secondary N) is 2. The van der Waals surface area contributed by atoms with Gasteiger partial charge in [0.1, 0.15) is 0 Å². The second kappa shape index (κ2) is 4.36. The van der Waals surface area contributed by atoms with Crippen LogP contribution in [0.1, 0.15) is 5.56 Å². The van der Waals surface area contributed by atoms with E-state index in [2.05, 4.69) is 21.7 Å². The highest BCUT2D eigenvalue weighted by Gasteiger charge is 2.07. The molecule has 2 aromatic rings. The van der Waals surface area contributed by atoms with Crippen LogP contribution in [-0.4, -0.2) is 17.3 Å². The van der Waals surface area contributed by atoms with Gasteiger partial charge in [-0.2, -0.15) is 10.6 Å². The van der Waals surface area contributed by atoms with Crippen molar-refractivity contribution in [2.75, 3.05) is 7.11 Å². The van der Waals surface area contributed by atoms with Crippen molar-refractivity contribution in [3.63, 3.8) is 0 Å². The molecule has 0 atom stereocenters. The van der Waals surface area contributed by atoms with Gasteiger partial charge in [0, 0.05) is 12.1 Å². The van der Waals surface area contributed by atoms with Crippen LogP contribution in [0.4, 0.5) is 0 Å². The predicted octanol–water partition coefficient (Wildman–Crippen LogP) is 1.79. The minimum atomic E-state index is 0.653. The zero-order valence-electron chi connectivity index (χ0n) is 7.78. The Morgan fingerprint density at radius 3 is 3.29 bits per heavy atom. The third-order valence-electron chi connectivity index (χ3n) is 1.89. The minimum absolute atomic E-state index is 0.653. The maximum atomic E-state index is 4.80. The van der Waals surface area contributed by atoms with E-state index >= 15 is 0 Å². The number of H-pyrrole nitrogens is 1. The Balaban J connectivity index is 2.22. The molecule has 0 spiro atoms. The summed E-state index contributed by atoms with van der Waals surface area (Å²) >= 11 is 1.69. The zero-order chi connectivity index (χ0) is 9.80. The van der Waals surface area contributed by atoms with E-state index in [4.69, 9.17) is 4.84 Å². The Bertz CT molecular complexity index is 382. The number of hydroxylamine groups is 1. The molecule has 5 heteroatoms. The van der Waals surface area contributed by atoms with Gasteiger partial charge in [-0.15, -0.1) is 11.3 Å². The number of rotatable bonds is 4. The van der Waals surface area contributed by atoms with Crippen LogP contribution < -0.4 is 5.48 Å². The Labute approximate surface area is 85.9 Å². The number of aromatic nitrogens is 2. The van der Waals surface area contributed by atoms with Crippen LogP contribution >= 0.6 is 11.3 Å². The van der Waals surface area contributed by atoms with E-state index in [1.54, 1.807) is 24.6 Å². The molecule has 74 valence electrons. The molecule has 0 amide bonds. The van der Waals surface area contributed by atoms with E-state index < -0.39 is 0 Å². The average molecular weight is 209 g/mol. The van der Waals surface area contributed by atoms with E-state index in [1.165, 1.54) is 4.88 Å². The topological polar surface area (TPSA) is 49.9 Å². The minimum Gasteiger partial charge on any atom is -0.305 e. The molecule has 2 N–H and O–H groups in total. The molecule has 0 aliphatic heterocycles. The second-order valence-electron chi connectivity index (χ2n) is 2.77. The first-order valence-corrected chi connectivity index (χ1v) is 5.11. The van der Waals surface area contributed by atoms with Crippen molar-refractivity contribution in [1.29, 1.82) is 0 Å². The Kier molecular flexibility index (Phi) is 2.93. The van der Waals surface area contributed by atoms with E-state index in [-0.39, 0.29) is 0 Å². The molecule has 0 aliphatic carbocycles. The highest BCUT2D eigenvalue weighted by atomic mass is 32.1. The number of hydrogen-bond acceptors (Lipinski definition) is 4. The maximum absolute atomic E-state index is 4.80. The molecule has 14 heavy (non-hydrogen) atoms. The van der Waals surface area contributed by atoms with Crippen molar-refractivity contribution in [3.05, 3.63) is 29.3 Å². The average Bonchev–Trinajstić information content (AvgIpc) is 2.84. The first-order chi connectivity index (χ1) is 6.92. The van der Waals surface area contributed by atoms with Crippen molar-refractivity contribution in [3.8, 4) is 10.6 Å². The Morgan fingerprint density at radius 1 is 1.64 bits per heavy atom. The third-order valence-corrected chi connectivity index (χ3v) is 2.78. The van der Waals surface area contributed by atoms with Gasteiger partial charge >= 0.3 is 0 Å². The number of aromatic amines is 1. The SMILES string of the molecule is CONCc1cn[nH]c1-c1cccs1. The summed E-state index contributed by atoms with van der Waals surface area (Å²) in [4.78, 5) is 5.99. The van der Waals surface area contributed by atoms with Crippen LogP contribution in [0.2, 0.25) is 0 Å². The van der Waals surface area contributed by atoms with Gasteiger partial charge in [0.2, 0.25) is 0 Å². The van der Waals surface area contributed by atoms with Crippen LogP contribution in [0.5, 0.6) is 0 Å². The summed E-state index contributed by atoms with van der Waals surface area (Å²) in [7, 11) is 1.60. The van der Waals surface area contributed by atoms with Crippen LogP contribution in [0.3, 0.4) is 0 Å². The molecule has 4 nitrogen and oxygen atoms in total. The third kappa shape index (κ3) is 1.84. The molecule has 0 saturated heterocycles. The molecule has 0 saturated carbocycles. The smallest absolute Gasteiger partial charge is 0.0795 e. The molecule has 2 aromatic heterocycles. The summed E-state index contributed by atoms with van der Waals surface area (Å²) in [5, 5.41) is 9.04. The van der Waals surface area contributed by atoms with Gasteiger partial charge in [0.15, 0.2) is 0 Å². The van der Waals surface area contributed by atoms with E-state index in [0.29, 0.717) is 6.54 Å². The van der Waals surface area contributed by atoms with E-state index in [9.17, 15) is 0 Å². The molecule has 0 aliphatic rings. The summed E-state index contributed by atoms with van der Waals surface area (Å²) in [5.41, 5.74) is 4.96. The van der Waals surface area contributed by atoms with Crippen LogP contribution in [0.25, 0.3) is 10.6 Å². The monoisotopic (exact) mass is 209 g/mol. The first-order valence-electron chi connectivity index (χ1n) is 4.24. The molecule has 0 aromatic carbocycles. The van der Waals surface area contributed by atoms with Gasteiger partial charge in [-0.1, -0.05) is 6.07 Å². The molecular formula is C9H11N3OS. The summed E-state index contributed by atoms with van der Waals surface area (Å²) < 4.78 is 0. The number of thiophene rings is 1. The number of nitrogens with zero attached hydrogens (tertiary/aromatic N) is 1. The van der Waals surface area contributed by atoms with Crippen molar-refractivity contribution < 1.29 is 4.84 Å². The lowest BCUT2D eigenvalue weighted by molar-refractivity contribution is 0.0868. The molecule has 0 radical (unpaired) electrons. The molecular weight excluding hydrogens is 198 g/mol. The highest BCUT2D eigenvalue weighted by molar-refractivity contribution is 7.13. The van der Waals surface area contributed by atoms with Gasteiger partial charge in [0.25, 0.3) is 0 Å². The Morgan fingerprint density at radius 2 is 2.57 bits per heavy atom. The van der Waals surface area contributed by atoms with E-state index in [1.807, 2.05) is 11.4 Å². The fraction of sp³-hybridized carbons (Fsp3) is 0.222. The van der Waals surface area contributed by atoms with Gasteiger partial charge in [-0.25, -0.2) is 0 Å². The van der Waals surface area contributed by atoms with Crippen molar-refractivity contribution in [2.24, 2.45) is 0 Å². The second-order valence-corrected chi connectivity index (χ2v) is 3.72. The normalized spacial score (nSPS) is 10.6. The van der Waals surface area contributed by atoms with Gasteiger partial charge in [-0.3, -0.25) is 5.10 Å². The van der Waals surface area contributed by atoms with Gasteiger partial charge in [-0.05, 0) is 11.4 Å². The van der Waals surface area contributed by atoms with Crippen molar-refractivity contribution >= 4 is 11.3 Å². The lowest BCUT2D eigenvalue weighted by Crippen LogP contribution is -2.10. The summed E-state index contributed by atoms with van der Waals surface area (Å²) in [6, 6.07) is 4.09. The molecule has 0 unspecified atom stereocenters. The van der Waals surface area contributed by atoms with Gasteiger partial charge in [0.05, 0.1) is 23.9 Å². The quantitative estimate of drug-likeness (QED) is 0.755. The van der Waals surface area contributed by atoms with Crippen LogP contribution in [0.15, 0.2) is 23.7 Å². The van der Waals surface area contributed by atoms with E-state index in [0.717, 1.165) is 11.3 Å². The first kappa shape index (κ1) is 9.39. The largest absolute Gasteiger partial charge is 0.305 e. The highest BCUT2D eigenvalue weighted by Crippen LogP contribution is 2.25. The Hall–Kier alpha value is -1.17. The maximum Gasteiger partial charge on any atom is 0.0795 e.